The smallest absolute Gasteiger partial charge is 0.308 e. The van der Waals surface area contributed by atoms with Crippen LogP contribution in [0.3, 0.4) is 0 Å². The molecule has 2 nitrogen and oxygen atoms in total. The van der Waals surface area contributed by atoms with Crippen LogP contribution in [0.25, 0.3) is 0 Å². The highest BCUT2D eigenvalue weighted by atomic mass is 32.1. The van der Waals surface area contributed by atoms with Crippen molar-refractivity contribution in [3.8, 4) is 0 Å². The van der Waals surface area contributed by atoms with Gasteiger partial charge in [-0.15, -0.1) is 11.3 Å². The Morgan fingerprint density at radius 3 is 2.69 bits per heavy atom. The van der Waals surface area contributed by atoms with Crippen LogP contribution in [0.4, 0.5) is 13.2 Å². The van der Waals surface area contributed by atoms with E-state index in [1.54, 1.807) is 17.5 Å². The van der Waals surface area contributed by atoms with Gasteiger partial charge in [-0.05, 0) is 13.3 Å². The van der Waals surface area contributed by atoms with E-state index in [-0.39, 0.29) is 12.6 Å². The molecule has 0 spiro atoms. The molecule has 1 rings (SSSR count). The molecule has 92 valence electrons. The fourth-order valence-electron chi connectivity index (χ4n) is 1.20. The molecule has 1 aromatic rings. The molecule has 0 fully saturated rings. The summed E-state index contributed by atoms with van der Waals surface area (Å²) < 4.78 is 35.7. The summed E-state index contributed by atoms with van der Waals surface area (Å²) in [6.07, 6.45) is -2.21. The molecule has 0 aliphatic carbocycles. The normalized spacial score (nSPS) is 14.1. The van der Waals surface area contributed by atoms with E-state index in [9.17, 15) is 13.2 Å². The Bertz CT molecular complexity index is 322. The molecule has 0 bridgehead atoms. The lowest BCUT2D eigenvalue weighted by molar-refractivity contribution is -0.133. The van der Waals surface area contributed by atoms with Crippen LogP contribution in [-0.2, 0) is 6.42 Å². The minimum Gasteiger partial charge on any atom is -0.308 e. The average molecular weight is 252 g/mol. The van der Waals surface area contributed by atoms with Gasteiger partial charge in [-0.25, -0.2) is 4.98 Å². The van der Waals surface area contributed by atoms with Gasteiger partial charge < -0.3 is 5.32 Å². The van der Waals surface area contributed by atoms with Gasteiger partial charge in [0.05, 0.1) is 12.5 Å². The number of alkyl halides is 3. The number of rotatable bonds is 5. The molecule has 1 unspecified atom stereocenters. The first kappa shape index (κ1) is 13.4. The monoisotopic (exact) mass is 252 g/mol. The fourth-order valence-corrected chi connectivity index (χ4v) is 2.09. The summed E-state index contributed by atoms with van der Waals surface area (Å²) in [5.41, 5.74) is 0. The molecule has 0 radical (unpaired) electrons. The van der Waals surface area contributed by atoms with E-state index in [2.05, 4.69) is 10.3 Å². The van der Waals surface area contributed by atoms with Crippen molar-refractivity contribution in [3.63, 3.8) is 0 Å². The highest BCUT2D eigenvalue weighted by Gasteiger charge is 2.26. The summed E-state index contributed by atoms with van der Waals surface area (Å²) in [5, 5.41) is 3.67. The van der Waals surface area contributed by atoms with E-state index in [1.807, 2.05) is 13.8 Å². The number of halogens is 3. The van der Waals surface area contributed by atoms with Gasteiger partial charge in [0.15, 0.2) is 0 Å². The van der Waals surface area contributed by atoms with Crippen LogP contribution in [0.2, 0.25) is 0 Å². The minimum absolute atomic E-state index is 0.0638. The second-order valence-corrected chi connectivity index (χ2v) is 4.71. The van der Waals surface area contributed by atoms with Gasteiger partial charge in [0.2, 0.25) is 0 Å². The van der Waals surface area contributed by atoms with Gasteiger partial charge in [0.25, 0.3) is 0 Å². The zero-order valence-corrected chi connectivity index (χ0v) is 10.1. The van der Waals surface area contributed by atoms with Crippen molar-refractivity contribution >= 4 is 11.3 Å². The molecule has 0 saturated heterocycles. The molecule has 16 heavy (non-hydrogen) atoms. The molecular weight excluding hydrogens is 237 g/mol. The zero-order chi connectivity index (χ0) is 12.2. The van der Waals surface area contributed by atoms with Crippen molar-refractivity contribution in [2.75, 3.05) is 6.54 Å². The Kier molecular flexibility index (Phi) is 4.73. The number of hydrogen-bond acceptors (Lipinski definition) is 3. The van der Waals surface area contributed by atoms with Gasteiger partial charge in [-0.1, -0.05) is 6.92 Å². The Morgan fingerprint density at radius 1 is 1.50 bits per heavy atom. The quantitative estimate of drug-likeness (QED) is 0.869. The summed E-state index contributed by atoms with van der Waals surface area (Å²) in [7, 11) is 0. The van der Waals surface area contributed by atoms with Crippen LogP contribution in [0.1, 0.15) is 36.2 Å². The number of hydrogen-bond donors (Lipinski definition) is 1. The number of nitrogens with one attached hydrogen (secondary N) is 1. The molecular formula is C10H15F3N2S. The Morgan fingerprint density at radius 2 is 2.19 bits per heavy atom. The van der Waals surface area contributed by atoms with Crippen molar-refractivity contribution in [3.05, 3.63) is 16.1 Å². The van der Waals surface area contributed by atoms with Crippen molar-refractivity contribution in [1.29, 1.82) is 0 Å². The van der Waals surface area contributed by atoms with Crippen molar-refractivity contribution in [1.82, 2.24) is 10.3 Å². The van der Waals surface area contributed by atoms with Crippen LogP contribution >= 0.6 is 11.3 Å². The first-order chi connectivity index (χ1) is 7.42. The summed E-state index contributed by atoms with van der Waals surface area (Å²) in [6, 6.07) is -0.118. The minimum atomic E-state index is -4.09. The van der Waals surface area contributed by atoms with Crippen molar-refractivity contribution < 1.29 is 13.2 Å². The fraction of sp³-hybridized carbons (Fsp3) is 0.700. The van der Waals surface area contributed by atoms with Gasteiger partial charge in [0.1, 0.15) is 5.01 Å². The molecule has 1 aromatic heterocycles. The molecule has 0 aliphatic heterocycles. The predicted octanol–water partition coefficient (Wildman–Crippen LogP) is 3.31. The number of thiazole rings is 1. The maximum Gasteiger partial charge on any atom is 0.390 e. The van der Waals surface area contributed by atoms with Gasteiger partial charge in [-0.2, -0.15) is 13.2 Å². The number of aryl methyl sites for hydroxylation is 1. The largest absolute Gasteiger partial charge is 0.390 e. The lowest BCUT2D eigenvalue weighted by Gasteiger charge is -2.12. The van der Waals surface area contributed by atoms with E-state index >= 15 is 0 Å². The molecule has 0 aromatic carbocycles. The van der Waals surface area contributed by atoms with E-state index in [1.165, 1.54) is 0 Å². The lowest BCUT2D eigenvalue weighted by Crippen LogP contribution is -2.24. The van der Waals surface area contributed by atoms with Gasteiger partial charge >= 0.3 is 6.18 Å². The second-order valence-electron chi connectivity index (χ2n) is 3.56. The van der Waals surface area contributed by atoms with Crippen molar-refractivity contribution in [2.45, 2.75) is 38.9 Å². The first-order valence-electron chi connectivity index (χ1n) is 5.17. The Hall–Kier alpha value is -0.620. The number of aromatic nitrogens is 1. The van der Waals surface area contributed by atoms with E-state index in [0.29, 0.717) is 0 Å². The SMILES string of the molecule is CCc1cnc(C(C)NCCC(F)(F)F)s1. The predicted molar refractivity (Wildman–Crippen MR) is 58.6 cm³/mol. The third-order valence-electron chi connectivity index (χ3n) is 2.15. The third-order valence-corrected chi connectivity index (χ3v) is 3.47. The summed E-state index contributed by atoms with van der Waals surface area (Å²) >= 11 is 1.54. The standard InChI is InChI=1S/C10H15F3N2S/c1-3-8-6-15-9(16-8)7(2)14-5-4-10(11,12)13/h6-7,14H,3-5H2,1-2H3. The molecule has 1 heterocycles. The average Bonchev–Trinajstić information content (AvgIpc) is 2.63. The van der Waals surface area contributed by atoms with Crippen LogP contribution in [-0.4, -0.2) is 17.7 Å². The van der Waals surface area contributed by atoms with E-state index in [4.69, 9.17) is 0 Å². The maximum atomic E-state index is 11.9. The molecule has 0 amide bonds. The molecule has 0 saturated carbocycles. The molecule has 1 N–H and O–H groups in total. The summed E-state index contributed by atoms with van der Waals surface area (Å²) in [4.78, 5) is 5.33. The van der Waals surface area contributed by atoms with Crippen LogP contribution in [0, 0.1) is 0 Å². The maximum absolute atomic E-state index is 11.9. The zero-order valence-electron chi connectivity index (χ0n) is 9.27. The van der Waals surface area contributed by atoms with Crippen molar-refractivity contribution in [2.24, 2.45) is 0 Å². The highest BCUT2D eigenvalue weighted by molar-refractivity contribution is 7.11. The third kappa shape index (κ3) is 4.49. The Balaban J connectivity index is 2.37. The van der Waals surface area contributed by atoms with E-state index < -0.39 is 12.6 Å². The van der Waals surface area contributed by atoms with Crippen LogP contribution in [0.5, 0.6) is 0 Å². The topological polar surface area (TPSA) is 24.9 Å². The van der Waals surface area contributed by atoms with E-state index in [0.717, 1.165) is 16.3 Å². The number of nitrogens with zero attached hydrogens (tertiary/aromatic N) is 1. The van der Waals surface area contributed by atoms with Gasteiger partial charge in [-0.3, -0.25) is 0 Å². The van der Waals surface area contributed by atoms with Gasteiger partial charge in [0, 0.05) is 17.6 Å². The molecule has 1 atom stereocenters. The summed E-state index contributed by atoms with van der Waals surface area (Å²) in [5.74, 6) is 0. The Labute approximate surface area is 96.9 Å². The second kappa shape index (κ2) is 5.63. The molecule has 6 heteroatoms. The summed E-state index contributed by atoms with van der Waals surface area (Å²) in [6.45, 7) is 3.79. The molecule has 0 aliphatic rings. The van der Waals surface area contributed by atoms with Crippen LogP contribution in [0.15, 0.2) is 6.20 Å². The first-order valence-corrected chi connectivity index (χ1v) is 5.98. The lowest BCUT2D eigenvalue weighted by atomic mass is 10.3. The highest BCUT2D eigenvalue weighted by Crippen LogP contribution is 2.22. The van der Waals surface area contributed by atoms with Crippen LogP contribution < -0.4 is 5.32 Å².